The fourth-order valence-corrected chi connectivity index (χ4v) is 3.46. The van der Waals surface area contributed by atoms with Crippen LogP contribution in [0, 0.1) is 11.6 Å². The van der Waals surface area contributed by atoms with Gasteiger partial charge in [-0.15, -0.1) is 0 Å². The van der Waals surface area contributed by atoms with Crippen LogP contribution >= 0.6 is 0 Å². The van der Waals surface area contributed by atoms with Gasteiger partial charge in [-0.1, -0.05) is 24.3 Å². The molecule has 0 radical (unpaired) electrons. The molecule has 0 aliphatic carbocycles. The van der Waals surface area contributed by atoms with Gasteiger partial charge in [-0.3, -0.25) is 0 Å². The Labute approximate surface area is 188 Å². The molecule has 0 atom stereocenters. The zero-order valence-corrected chi connectivity index (χ0v) is 18.4. The number of halogens is 2. The maximum atomic E-state index is 14.2. The summed E-state index contributed by atoms with van der Waals surface area (Å²) in [7, 11) is 0. The van der Waals surface area contributed by atoms with Gasteiger partial charge in [0, 0.05) is 26.2 Å². The van der Waals surface area contributed by atoms with E-state index in [1.807, 2.05) is 21.9 Å². The topological polar surface area (TPSA) is 43.4 Å². The van der Waals surface area contributed by atoms with Gasteiger partial charge in [0.25, 0.3) is 0 Å². The van der Waals surface area contributed by atoms with Crippen molar-refractivity contribution in [3.8, 4) is 0 Å². The van der Waals surface area contributed by atoms with Gasteiger partial charge < -0.3 is 28.7 Å². The average Bonchev–Trinajstić information content (AvgIpc) is 2.80. The molecule has 0 bridgehead atoms. The Morgan fingerprint density at radius 1 is 0.469 bits per heavy atom. The Kier molecular flexibility index (Phi) is 10.7. The smallest absolute Gasteiger partial charge is 0.146 e. The van der Waals surface area contributed by atoms with Gasteiger partial charge in [0.15, 0.2) is 0 Å². The van der Waals surface area contributed by atoms with Crippen LogP contribution in [0.3, 0.4) is 0 Å². The number of hydrogen-bond acceptors (Lipinski definition) is 6. The molecule has 0 saturated carbocycles. The van der Waals surface area contributed by atoms with Crippen molar-refractivity contribution in [2.45, 2.75) is 0 Å². The van der Waals surface area contributed by atoms with E-state index in [9.17, 15) is 8.78 Å². The molecule has 1 aliphatic heterocycles. The van der Waals surface area contributed by atoms with E-state index in [-0.39, 0.29) is 11.6 Å². The number of ether oxygens (including phenoxy) is 4. The Hall–Kier alpha value is -2.26. The number of rotatable bonds is 2. The molecule has 2 aromatic rings. The van der Waals surface area contributed by atoms with Crippen molar-refractivity contribution in [1.82, 2.24) is 0 Å². The molecule has 0 aromatic heterocycles. The van der Waals surface area contributed by atoms with Crippen molar-refractivity contribution in [3.63, 3.8) is 0 Å². The maximum absolute atomic E-state index is 14.2. The van der Waals surface area contributed by atoms with E-state index >= 15 is 0 Å². The molecule has 2 aromatic carbocycles. The van der Waals surface area contributed by atoms with Crippen LogP contribution in [0.5, 0.6) is 0 Å². The number of para-hydroxylation sites is 2. The molecular formula is C24H32F2N2O4. The highest BCUT2D eigenvalue weighted by Crippen LogP contribution is 2.19. The second-order valence-electron chi connectivity index (χ2n) is 7.33. The Balaban J connectivity index is 1.53. The van der Waals surface area contributed by atoms with Crippen LogP contribution in [0.25, 0.3) is 0 Å². The molecule has 6 nitrogen and oxygen atoms in total. The summed E-state index contributed by atoms with van der Waals surface area (Å²) < 4.78 is 51.2. The molecule has 176 valence electrons. The second kappa shape index (κ2) is 14.0. The summed E-state index contributed by atoms with van der Waals surface area (Å²) in [5.41, 5.74) is 1.07. The molecule has 3 rings (SSSR count). The minimum atomic E-state index is -0.263. The number of hydrogen-bond donors (Lipinski definition) is 0. The molecule has 1 aliphatic rings. The molecule has 32 heavy (non-hydrogen) atoms. The van der Waals surface area contributed by atoms with Gasteiger partial charge in [0.1, 0.15) is 11.6 Å². The predicted molar refractivity (Wildman–Crippen MR) is 121 cm³/mol. The normalized spacial score (nSPS) is 18.7. The average molecular weight is 451 g/mol. The molecule has 1 fully saturated rings. The van der Waals surface area contributed by atoms with Crippen molar-refractivity contribution in [1.29, 1.82) is 0 Å². The van der Waals surface area contributed by atoms with Gasteiger partial charge in [-0.2, -0.15) is 0 Å². The van der Waals surface area contributed by atoms with Crippen LogP contribution in [0.1, 0.15) is 0 Å². The first kappa shape index (κ1) is 24.4. The lowest BCUT2D eigenvalue weighted by atomic mass is 10.2. The number of anilines is 2. The summed E-state index contributed by atoms with van der Waals surface area (Å²) in [5, 5.41) is 0. The van der Waals surface area contributed by atoms with E-state index in [1.165, 1.54) is 12.1 Å². The van der Waals surface area contributed by atoms with Gasteiger partial charge in [-0.05, 0) is 24.3 Å². The van der Waals surface area contributed by atoms with Gasteiger partial charge in [-0.25, -0.2) is 8.78 Å². The molecule has 0 spiro atoms. The van der Waals surface area contributed by atoms with Crippen LogP contribution in [0.4, 0.5) is 20.2 Å². The summed E-state index contributed by atoms with van der Waals surface area (Å²) in [6.45, 7) is 5.70. The molecule has 8 heteroatoms. The Morgan fingerprint density at radius 2 is 0.781 bits per heavy atom. The molecule has 1 heterocycles. The van der Waals surface area contributed by atoms with E-state index in [4.69, 9.17) is 18.9 Å². The van der Waals surface area contributed by atoms with Crippen LogP contribution in [-0.2, 0) is 18.9 Å². The highest BCUT2D eigenvalue weighted by Gasteiger charge is 2.13. The quantitative estimate of drug-likeness (QED) is 0.699. The Morgan fingerprint density at radius 3 is 1.09 bits per heavy atom. The third-order valence-corrected chi connectivity index (χ3v) is 5.15. The lowest BCUT2D eigenvalue weighted by Crippen LogP contribution is -2.33. The number of benzene rings is 2. The van der Waals surface area contributed by atoms with Gasteiger partial charge in [0.2, 0.25) is 0 Å². The highest BCUT2D eigenvalue weighted by atomic mass is 19.1. The standard InChI is InChI=1S/C24H32F2N2O4/c25-21-5-1-3-7-23(21)27-9-13-29-17-19-31-15-11-28(24-8-4-2-6-22(24)26)12-16-32-20-18-30-14-10-27/h1-8H,9-20H2. The van der Waals surface area contributed by atoms with E-state index in [0.717, 1.165) is 0 Å². The molecule has 0 N–H and O–H groups in total. The monoisotopic (exact) mass is 450 g/mol. The third kappa shape index (κ3) is 8.02. The molecule has 0 unspecified atom stereocenters. The van der Waals surface area contributed by atoms with E-state index in [2.05, 4.69) is 0 Å². The molecule has 0 amide bonds. The minimum Gasteiger partial charge on any atom is -0.377 e. The van der Waals surface area contributed by atoms with Crippen molar-refractivity contribution in [2.75, 3.05) is 88.8 Å². The zero-order chi connectivity index (χ0) is 22.4. The summed E-state index contributed by atoms with van der Waals surface area (Å²) in [6, 6.07) is 13.4. The summed E-state index contributed by atoms with van der Waals surface area (Å²) in [6.07, 6.45) is 0. The van der Waals surface area contributed by atoms with Crippen molar-refractivity contribution in [3.05, 3.63) is 60.2 Å². The maximum Gasteiger partial charge on any atom is 0.146 e. The lowest BCUT2D eigenvalue weighted by molar-refractivity contribution is 0.0435. The molecular weight excluding hydrogens is 418 g/mol. The first-order valence-corrected chi connectivity index (χ1v) is 11.1. The van der Waals surface area contributed by atoms with Crippen LogP contribution in [0.2, 0.25) is 0 Å². The zero-order valence-electron chi connectivity index (χ0n) is 18.4. The predicted octanol–water partition coefficient (Wildman–Crippen LogP) is 3.36. The second-order valence-corrected chi connectivity index (χ2v) is 7.33. The SMILES string of the molecule is Fc1ccccc1N1CCOCCOCCN(c2ccccc2F)CCOCCOCC1. The first-order valence-electron chi connectivity index (χ1n) is 11.1. The molecule has 1 saturated heterocycles. The first-order chi connectivity index (χ1) is 15.8. The van der Waals surface area contributed by atoms with Gasteiger partial charge in [0.05, 0.1) is 64.2 Å². The van der Waals surface area contributed by atoms with Crippen LogP contribution in [-0.4, -0.2) is 79.0 Å². The summed E-state index contributed by atoms with van der Waals surface area (Å²) in [5.74, 6) is -0.526. The summed E-state index contributed by atoms with van der Waals surface area (Å²) >= 11 is 0. The summed E-state index contributed by atoms with van der Waals surface area (Å²) in [4.78, 5) is 3.85. The van der Waals surface area contributed by atoms with Crippen molar-refractivity contribution in [2.24, 2.45) is 0 Å². The van der Waals surface area contributed by atoms with Crippen molar-refractivity contribution < 1.29 is 27.7 Å². The van der Waals surface area contributed by atoms with Gasteiger partial charge >= 0.3 is 0 Å². The lowest BCUT2D eigenvalue weighted by Gasteiger charge is -2.26. The largest absolute Gasteiger partial charge is 0.377 e. The fourth-order valence-electron chi connectivity index (χ4n) is 3.46. The Bertz CT molecular complexity index is 711. The van der Waals surface area contributed by atoms with Crippen molar-refractivity contribution >= 4 is 11.4 Å². The van der Waals surface area contributed by atoms with E-state index in [1.54, 1.807) is 24.3 Å². The minimum absolute atomic E-state index is 0.263. The number of nitrogens with zero attached hydrogens (tertiary/aromatic N) is 2. The fraction of sp³-hybridized carbons (Fsp3) is 0.500. The van der Waals surface area contributed by atoms with E-state index in [0.29, 0.717) is 90.4 Å². The van der Waals surface area contributed by atoms with E-state index < -0.39 is 0 Å². The third-order valence-electron chi connectivity index (χ3n) is 5.15. The van der Waals surface area contributed by atoms with Crippen LogP contribution in [0.15, 0.2) is 48.5 Å². The highest BCUT2D eigenvalue weighted by molar-refractivity contribution is 5.48. The van der Waals surface area contributed by atoms with Crippen LogP contribution < -0.4 is 9.80 Å².